The van der Waals surface area contributed by atoms with Crippen molar-refractivity contribution in [2.45, 2.75) is 19.9 Å². The first-order valence-corrected chi connectivity index (χ1v) is 6.55. The zero-order chi connectivity index (χ0) is 15.4. The highest BCUT2D eigenvalue weighted by Gasteiger charge is 2.11. The van der Waals surface area contributed by atoms with Crippen molar-refractivity contribution >= 4 is 11.7 Å². The van der Waals surface area contributed by atoms with E-state index in [0.29, 0.717) is 0 Å². The summed E-state index contributed by atoms with van der Waals surface area (Å²) >= 11 is 0. The fourth-order valence-electron chi connectivity index (χ4n) is 1.88. The van der Waals surface area contributed by atoms with E-state index >= 15 is 0 Å². The SMILES string of the molecule is Cc1ccc([C@H](C)NC(=O)Nc2ccc(F)cc2F)cc1. The van der Waals surface area contributed by atoms with Crippen molar-refractivity contribution in [1.29, 1.82) is 0 Å². The molecule has 2 rings (SSSR count). The third-order valence-electron chi connectivity index (χ3n) is 3.10. The van der Waals surface area contributed by atoms with Crippen LogP contribution in [0, 0.1) is 18.6 Å². The average Bonchev–Trinajstić information content (AvgIpc) is 2.42. The zero-order valence-corrected chi connectivity index (χ0v) is 11.8. The van der Waals surface area contributed by atoms with Crippen molar-refractivity contribution in [3.8, 4) is 0 Å². The molecule has 0 aliphatic carbocycles. The fourth-order valence-corrected chi connectivity index (χ4v) is 1.88. The summed E-state index contributed by atoms with van der Waals surface area (Å²) in [6.45, 7) is 3.80. The van der Waals surface area contributed by atoms with E-state index in [1.165, 1.54) is 6.07 Å². The lowest BCUT2D eigenvalue weighted by molar-refractivity contribution is 0.249. The third-order valence-corrected chi connectivity index (χ3v) is 3.10. The van der Waals surface area contributed by atoms with Crippen LogP contribution in [0.2, 0.25) is 0 Å². The second-order valence-electron chi connectivity index (χ2n) is 4.86. The van der Waals surface area contributed by atoms with Crippen LogP contribution in [0.25, 0.3) is 0 Å². The van der Waals surface area contributed by atoms with Crippen molar-refractivity contribution in [1.82, 2.24) is 5.32 Å². The number of carbonyl (C=O) groups excluding carboxylic acids is 1. The molecular weight excluding hydrogens is 274 g/mol. The van der Waals surface area contributed by atoms with Gasteiger partial charge >= 0.3 is 6.03 Å². The van der Waals surface area contributed by atoms with Gasteiger partial charge in [-0.2, -0.15) is 0 Å². The Morgan fingerprint density at radius 2 is 1.76 bits per heavy atom. The Bertz CT molecular complexity index is 641. The van der Waals surface area contributed by atoms with Gasteiger partial charge in [0.25, 0.3) is 0 Å². The average molecular weight is 290 g/mol. The van der Waals surface area contributed by atoms with E-state index in [4.69, 9.17) is 0 Å². The maximum Gasteiger partial charge on any atom is 0.319 e. The molecule has 0 radical (unpaired) electrons. The molecule has 1 atom stereocenters. The van der Waals surface area contributed by atoms with Crippen LogP contribution < -0.4 is 10.6 Å². The summed E-state index contributed by atoms with van der Waals surface area (Å²) in [6.07, 6.45) is 0. The van der Waals surface area contributed by atoms with Gasteiger partial charge in [0.15, 0.2) is 0 Å². The predicted octanol–water partition coefficient (Wildman–Crippen LogP) is 4.16. The lowest BCUT2D eigenvalue weighted by Gasteiger charge is -2.15. The van der Waals surface area contributed by atoms with Crippen LogP contribution in [-0.2, 0) is 0 Å². The Kier molecular flexibility index (Phi) is 4.52. The number of halogens is 2. The number of hydrogen-bond donors (Lipinski definition) is 2. The highest BCUT2D eigenvalue weighted by Crippen LogP contribution is 2.16. The van der Waals surface area contributed by atoms with E-state index < -0.39 is 17.7 Å². The van der Waals surface area contributed by atoms with E-state index in [9.17, 15) is 13.6 Å². The van der Waals surface area contributed by atoms with E-state index in [-0.39, 0.29) is 11.7 Å². The lowest BCUT2D eigenvalue weighted by Crippen LogP contribution is -2.31. The molecule has 0 fully saturated rings. The molecule has 3 nitrogen and oxygen atoms in total. The molecule has 0 spiro atoms. The monoisotopic (exact) mass is 290 g/mol. The van der Waals surface area contributed by atoms with Crippen LogP contribution in [0.3, 0.4) is 0 Å². The molecule has 0 aliphatic rings. The third kappa shape index (κ3) is 4.02. The van der Waals surface area contributed by atoms with Gasteiger partial charge in [0.05, 0.1) is 11.7 Å². The molecule has 2 N–H and O–H groups in total. The molecule has 2 aromatic rings. The highest BCUT2D eigenvalue weighted by atomic mass is 19.1. The second-order valence-corrected chi connectivity index (χ2v) is 4.86. The van der Waals surface area contributed by atoms with Crippen LogP contribution in [0.5, 0.6) is 0 Å². The first kappa shape index (κ1) is 15.0. The van der Waals surface area contributed by atoms with Gasteiger partial charge in [0.2, 0.25) is 0 Å². The van der Waals surface area contributed by atoms with E-state index in [2.05, 4.69) is 10.6 Å². The minimum atomic E-state index is -0.812. The molecule has 0 aromatic heterocycles. The van der Waals surface area contributed by atoms with E-state index in [1.807, 2.05) is 38.1 Å². The number of rotatable bonds is 3. The molecule has 110 valence electrons. The van der Waals surface area contributed by atoms with Gasteiger partial charge in [-0.15, -0.1) is 0 Å². The van der Waals surface area contributed by atoms with Crippen molar-refractivity contribution in [2.75, 3.05) is 5.32 Å². The second kappa shape index (κ2) is 6.35. The molecule has 21 heavy (non-hydrogen) atoms. The molecular formula is C16H16F2N2O. The summed E-state index contributed by atoms with van der Waals surface area (Å²) in [5.41, 5.74) is 2.00. The van der Waals surface area contributed by atoms with Gasteiger partial charge in [-0.3, -0.25) is 0 Å². The van der Waals surface area contributed by atoms with Crippen LogP contribution in [0.1, 0.15) is 24.1 Å². The van der Waals surface area contributed by atoms with Crippen LogP contribution in [-0.4, -0.2) is 6.03 Å². The molecule has 2 aromatic carbocycles. The lowest BCUT2D eigenvalue weighted by atomic mass is 10.1. The molecule has 0 bridgehead atoms. The van der Waals surface area contributed by atoms with Gasteiger partial charge < -0.3 is 10.6 Å². The summed E-state index contributed by atoms with van der Waals surface area (Å²) < 4.78 is 26.2. The van der Waals surface area contributed by atoms with Crippen LogP contribution in [0.15, 0.2) is 42.5 Å². The van der Waals surface area contributed by atoms with Crippen molar-refractivity contribution in [3.05, 3.63) is 65.2 Å². The number of amides is 2. The number of urea groups is 1. The van der Waals surface area contributed by atoms with Gasteiger partial charge in [-0.1, -0.05) is 29.8 Å². The first-order chi connectivity index (χ1) is 9.95. The number of nitrogens with one attached hydrogen (secondary N) is 2. The van der Waals surface area contributed by atoms with Gasteiger partial charge in [-0.05, 0) is 31.5 Å². The number of benzene rings is 2. The van der Waals surface area contributed by atoms with Crippen LogP contribution >= 0.6 is 0 Å². The maximum atomic E-state index is 13.4. The Morgan fingerprint density at radius 3 is 2.38 bits per heavy atom. The molecule has 0 unspecified atom stereocenters. The van der Waals surface area contributed by atoms with E-state index in [1.54, 1.807) is 0 Å². The Morgan fingerprint density at radius 1 is 1.10 bits per heavy atom. The number of carbonyl (C=O) groups is 1. The smallest absolute Gasteiger partial charge is 0.319 e. The molecule has 5 heteroatoms. The Balaban J connectivity index is 1.99. The number of hydrogen-bond acceptors (Lipinski definition) is 1. The van der Waals surface area contributed by atoms with Gasteiger partial charge in [0, 0.05) is 6.07 Å². The van der Waals surface area contributed by atoms with Crippen molar-refractivity contribution in [2.24, 2.45) is 0 Å². The van der Waals surface area contributed by atoms with Crippen LogP contribution in [0.4, 0.5) is 19.3 Å². The molecule has 0 aliphatic heterocycles. The van der Waals surface area contributed by atoms with E-state index in [0.717, 1.165) is 23.3 Å². The Hall–Kier alpha value is -2.43. The van der Waals surface area contributed by atoms with Gasteiger partial charge in [0.1, 0.15) is 11.6 Å². The Labute approximate surface area is 122 Å². The zero-order valence-electron chi connectivity index (χ0n) is 11.8. The first-order valence-electron chi connectivity index (χ1n) is 6.55. The number of aryl methyl sites for hydroxylation is 1. The highest BCUT2D eigenvalue weighted by molar-refractivity contribution is 5.89. The van der Waals surface area contributed by atoms with Gasteiger partial charge in [-0.25, -0.2) is 13.6 Å². The maximum absolute atomic E-state index is 13.4. The topological polar surface area (TPSA) is 41.1 Å². The minimum Gasteiger partial charge on any atom is -0.331 e. The van der Waals surface area contributed by atoms with Crippen molar-refractivity contribution in [3.63, 3.8) is 0 Å². The summed E-state index contributed by atoms with van der Waals surface area (Å²) in [6, 6.07) is 9.94. The normalized spacial score (nSPS) is 11.8. The fraction of sp³-hybridized carbons (Fsp3) is 0.188. The largest absolute Gasteiger partial charge is 0.331 e. The minimum absolute atomic E-state index is 0.0648. The molecule has 0 heterocycles. The summed E-state index contributed by atoms with van der Waals surface area (Å²) in [4.78, 5) is 11.8. The number of anilines is 1. The molecule has 0 saturated heterocycles. The quantitative estimate of drug-likeness (QED) is 0.875. The van der Waals surface area contributed by atoms with Crippen molar-refractivity contribution < 1.29 is 13.6 Å². The standard InChI is InChI=1S/C16H16F2N2O/c1-10-3-5-12(6-4-10)11(2)19-16(21)20-15-8-7-13(17)9-14(15)18/h3-9,11H,1-2H3,(H2,19,20,21)/t11-/m0/s1. The summed E-state index contributed by atoms with van der Waals surface area (Å²) in [5.74, 6) is -1.50. The molecule has 0 saturated carbocycles. The summed E-state index contributed by atoms with van der Waals surface area (Å²) in [5, 5.41) is 5.05. The predicted molar refractivity (Wildman–Crippen MR) is 78.1 cm³/mol. The summed E-state index contributed by atoms with van der Waals surface area (Å²) in [7, 11) is 0. The molecule has 2 amide bonds.